The zero-order valence-corrected chi connectivity index (χ0v) is 18.6. The Labute approximate surface area is 178 Å². The van der Waals surface area contributed by atoms with E-state index in [0.29, 0.717) is 18.8 Å². The third-order valence-electron chi connectivity index (χ3n) is 4.72. The molecule has 0 spiro atoms. The molecule has 162 valence electrons. The van der Waals surface area contributed by atoms with Crippen molar-refractivity contribution in [3.63, 3.8) is 0 Å². The second-order valence-corrected chi connectivity index (χ2v) is 9.11. The van der Waals surface area contributed by atoms with E-state index in [4.69, 9.17) is 0 Å². The molecule has 0 bridgehead atoms. The lowest BCUT2D eigenvalue weighted by Crippen LogP contribution is -2.47. The minimum Gasteiger partial charge on any atom is -0.340 e. The van der Waals surface area contributed by atoms with Gasteiger partial charge in [0.05, 0.1) is 4.90 Å². The second kappa shape index (κ2) is 10.4. The van der Waals surface area contributed by atoms with Gasteiger partial charge in [0.15, 0.2) is 0 Å². The minimum atomic E-state index is -3.68. The van der Waals surface area contributed by atoms with E-state index in [1.54, 1.807) is 38.1 Å². The highest BCUT2D eigenvalue weighted by Gasteiger charge is 2.26. The first-order chi connectivity index (χ1) is 14.2. The van der Waals surface area contributed by atoms with Gasteiger partial charge in [-0.2, -0.15) is 4.31 Å². The highest BCUT2D eigenvalue weighted by Crippen LogP contribution is 2.17. The van der Waals surface area contributed by atoms with Gasteiger partial charge in [0.25, 0.3) is 5.91 Å². The third kappa shape index (κ3) is 5.67. The Hall–Kier alpha value is -2.71. The SMILES string of the molecule is CCN(CC)S(=O)(=O)c1cccc(C(=O)N[C@H](C(=O)Nc2ccccc2)C(C)C)c1. The number of carbonyl (C=O) groups excluding carboxylic acids is 2. The molecular weight excluding hydrogens is 402 g/mol. The maximum Gasteiger partial charge on any atom is 0.251 e. The van der Waals surface area contributed by atoms with Gasteiger partial charge < -0.3 is 10.6 Å². The molecule has 0 heterocycles. The molecule has 7 nitrogen and oxygen atoms in total. The average molecular weight is 432 g/mol. The van der Waals surface area contributed by atoms with Gasteiger partial charge in [-0.1, -0.05) is 52.0 Å². The summed E-state index contributed by atoms with van der Waals surface area (Å²) >= 11 is 0. The topological polar surface area (TPSA) is 95.6 Å². The largest absolute Gasteiger partial charge is 0.340 e. The number of hydrogen-bond acceptors (Lipinski definition) is 4. The van der Waals surface area contributed by atoms with Crippen LogP contribution in [0.15, 0.2) is 59.5 Å². The van der Waals surface area contributed by atoms with E-state index in [1.165, 1.54) is 28.6 Å². The van der Waals surface area contributed by atoms with Gasteiger partial charge in [-0.05, 0) is 36.2 Å². The van der Waals surface area contributed by atoms with Crippen LogP contribution >= 0.6 is 0 Å². The van der Waals surface area contributed by atoms with E-state index in [0.717, 1.165) is 0 Å². The molecule has 30 heavy (non-hydrogen) atoms. The summed E-state index contributed by atoms with van der Waals surface area (Å²) in [5.74, 6) is -1.01. The number of sulfonamides is 1. The number of carbonyl (C=O) groups is 2. The molecule has 0 aliphatic carbocycles. The lowest BCUT2D eigenvalue weighted by atomic mass is 10.0. The number of amides is 2. The normalized spacial score (nSPS) is 12.6. The Morgan fingerprint density at radius 1 is 0.967 bits per heavy atom. The zero-order chi connectivity index (χ0) is 22.3. The van der Waals surface area contributed by atoms with Crippen LogP contribution in [-0.4, -0.2) is 43.7 Å². The molecular formula is C22H29N3O4S. The highest BCUT2D eigenvalue weighted by molar-refractivity contribution is 7.89. The van der Waals surface area contributed by atoms with E-state index in [9.17, 15) is 18.0 Å². The molecule has 8 heteroatoms. The predicted octanol–water partition coefficient (Wildman–Crippen LogP) is 3.11. The minimum absolute atomic E-state index is 0.0497. The molecule has 2 N–H and O–H groups in total. The first-order valence-corrected chi connectivity index (χ1v) is 11.4. The number of nitrogens with zero attached hydrogens (tertiary/aromatic N) is 1. The van der Waals surface area contributed by atoms with Crippen molar-refractivity contribution >= 4 is 27.5 Å². The summed E-state index contributed by atoms with van der Waals surface area (Å²) in [4.78, 5) is 25.5. The molecule has 2 amide bonds. The summed E-state index contributed by atoms with van der Waals surface area (Å²) < 4.78 is 26.8. The summed E-state index contributed by atoms with van der Waals surface area (Å²) in [6.45, 7) is 7.86. The second-order valence-electron chi connectivity index (χ2n) is 7.17. The van der Waals surface area contributed by atoms with Crippen molar-refractivity contribution in [1.29, 1.82) is 0 Å². The van der Waals surface area contributed by atoms with Crippen molar-refractivity contribution in [2.75, 3.05) is 18.4 Å². The van der Waals surface area contributed by atoms with Crippen LogP contribution in [0.3, 0.4) is 0 Å². The quantitative estimate of drug-likeness (QED) is 0.638. The van der Waals surface area contributed by atoms with Gasteiger partial charge in [-0.25, -0.2) is 8.42 Å². The highest BCUT2D eigenvalue weighted by atomic mass is 32.2. The number of benzene rings is 2. The van der Waals surface area contributed by atoms with E-state index in [1.807, 2.05) is 19.9 Å². The fraction of sp³-hybridized carbons (Fsp3) is 0.364. The molecule has 2 aromatic carbocycles. The van der Waals surface area contributed by atoms with Gasteiger partial charge in [0.2, 0.25) is 15.9 Å². The van der Waals surface area contributed by atoms with E-state index in [2.05, 4.69) is 10.6 Å². The molecule has 0 saturated carbocycles. The van der Waals surface area contributed by atoms with Crippen molar-refractivity contribution in [2.45, 2.75) is 38.6 Å². The number of hydrogen-bond donors (Lipinski definition) is 2. The Bertz CT molecular complexity index is 971. The number of nitrogens with one attached hydrogen (secondary N) is 2. The summed E-state index contributed by atoms with van der Waals surface area (Å²) in [6, 6.07) is 14.1. The van der Waals surface area contributed by atoms with Gasteiger partial charge in [0.1, 0.15) is 6.04 Å². The number of rotatable bonds is 9. The van der Waals surface area contributed by atoms with Crippen molar-refractivity contribution in [1.82, 2.24) is 9.62 Å². The average Bonchev–Trinajstić information content (AvgIpc) is 2.73. The van der Waals surface area contributed by atoms with Crippen molar-refractivity contribution in [3.8, 4) is 0 Å². The zero-order valence-electron chi connectivity index (χ0n) is 17.8. The maximum atomic E-state index is 12.8. The Balaban J connectivity index is 2.21. The fourth-order valence-corrected chi connectivity index (χ4v) is 4.52. The summed E-state index contributed by atoms with van der Waals surface area (Å²) in [5.41, 5.74) is 0.816. The van der Waals surface area contributed by atoms with Crippen LogP contribution in [0.5, 0.6) is 0 Å². The van der Waals surface area contributed by atoms with Gasteiger partial charge in [-0.3, -0.25) is 9.59 Å². The predicted molar refractivity (Wildman–Crippen MR) is 118 cm³/mol. The number of anilines is 1. The molecule has 2 rings (SSSR count). The summed E-state index contributed by atoms with van der Waals surface area (Å²) in [6.07, 6.45) is 0. The monoisotopic (exact) mass is 431 g/mol. The van der Waals surface area contributed by atoms with E-state index >= 15 is 0 Å². The number of para-hydroxylation sites is 1. The lowest BCUT2D eigenvalue weighted by molar-refractivity contribution is -0.118. The van der Waals surface area contributed by atoms with Crippen LogP contribution in [0.25, 0.3) is 0 Å². The third-order valence-corrected chi connectivity index (χ3v) is 6.76. The molecule has 0 unspecified atom stereocenters. The maximum absolute atomic E-state index is 12.8. The Morgan fingerprint density at radius 3 is 2.17 bits per heavy atom. The fourth-order valence-electron chi connectivity index (χ4n) is 3.01. The van der Waals surface area contributed by atoms with Crippen LogP contribution in [0.4, 0.5) is 5.69 Å². The lowest BCUT2D eigenvalue weighted by Gasteiger charge is -2.22. The van der Waals surface area contributed by atoms with Crippen LogP contribution in [0.2, 0.25) is 0 Å². The van der Waals surface area contributed by atoms with E-state index in [-0.39, 0.29) is 22.3 Å². The molecule has 0 aromatic heterocycles. The van der Waals surface area contributed by atoms with Crippen LogP contribution < -0.4 is 10.6 Å². The molecule has 0 aliphatic heterocycles. The summed E-state index contributed by atoms with van der Waals surface area (Å²) in [7, 11) is -3.68. The van der Waals surface area contributed by atoms with Crippen molar-refractivity contribution in [2.24, 2.45) is 5.92 Å². The molecule has 0 fully saturated rings. The van der Waals surface area contributed by atoms with Crippen molar-refractivity contribution < 1.29 is 18.0 Å². The van der Waals surface area contributed by atoms with Crippen LogP contribution in [-0.2, 0) is 14.8 Å². The smallest absolute Gasteiger partial charge is 0.251 e. The van der Waals surface area contributed by atoms with E-state index < -0.39 is 22.0 Å². The molecule has 0 saturated heterocycles. The van der Waals surface area contributed by atoms with Gasteiger partial charge in [0, 0.05) is 24.3 Å². The first kappa shape index (κ1) is 23.6. The Morgan fingerprint density at radius 2 is 1.60 bits per heavy atom. The van der Waals surface area contributed by atoms with Gasteiger partial charge >= 0.3 is 0 Å². The summed E-state index contributed by atoms with van der Waals surface area (Å²) in [5, 5.41) is 5.52. The van der Waals surface area contributed by atoms with Crippen molar-refractivity contribution in [3.05, 3.63) is 60.2 Å². The molecule has 2 aromatic rings. The molecule has 0 radical (unpaired) electrons. The van der Waals surface area contributed by atoms with Crippen LogP contribution in [0, 0.1) is 5.92 Å². The van der Waals surface area contributed by atoms with Crippen LogP contribution in [0.1, 0.15) is 38.1 Å². The first-order valence-electron chi connectivity index (χ1n) is 9.97. The van der Waals surface area contributed by atoms with Gasteiger partial charge in [-0.15, -0.1) is 0 Å². The Kier molecular flexibility index (Phi) is 8.14. The standard InChI is InChI=1S/C22H29N3O4S/c1-5-25(6-2)30(28,29)19-14-10-11-17(15-19)21(26)24-20(16(3)4)22(27)23-18-12-8-7-9-13-18/h7-16,20H,5-6H2,1-4H3,(H,23,27)(H,24,26)/t20-/m0/s1. The molecule has 0 aliphatic rings. The molecule has 1 atom stereocenters.